The van der Waals surface area contributed by atoms with Crippen LogP contribution in [0.25, 0.3) is 89.6 Å². The summed E-state index contributed by atoms with van der Waals surface area (Å²) >= 11 is 0. The number of aromatic nitrogens is 10. The van der Waals surface area contributed by atoms with Gasteiger partial charge in [-0.15, -0.1) is 0 Å². The molecule has 0 saturated carbocycles. The maximum atomic E-state index is 13.5. The molecule has 4 N–H and O–H groups in total. The van der Waals surface area contributed by atoms with Crippen molar-refractivity contribution < 1.29 is 40.6 Å². The van der Waals surface area contributed by atoms with E-state index in [4.69, 9.17) is 19.6 Å². The molecule has 15 nitrogen and oxygen atoms in total. The van der Waals surface area contributed by atoms with Crippen molar-refractivity contribution in [2.45, 2.75) is 119 Å². The number of imidazole rings is 2. The number of aromatic amines is 3. The number of ether oxygens (including phenoxy) is 2. The van der Waals surface area contributed by atoms with Crippen LogP contribution in [0.1, 0.15) is 105 Å². The molecule has 0 spiro atoms. The first kappa shape index (κ1) is 59.5. The number of H-pyrrole nitrogens is 3. The Balaban J connectivity index is 0.000000198. The van der Waals surface area contributed by atoms with Gasteiger partial charge >= 0.3 is 18.4 Å². The third-order valence-corrected chi connectivity index (χ3v) is 15.1. The largest absolute Gasteiger partial charge is 0.444 e. The van der Waals surface area contributed by atoms with E-state index in [1.54, 1.807) is 43.3 Å². The molecule has 1 unspecified atom stereocenters. The number of pyridine rings is 2. The quantitative estimate of drug-likeness (QED) is 0.0812. The second-order valence-electron chi connectivity index (χ2n) is 22.2. The summed E-state index contributed by atoms with van der Waals surface area (Å²) in [5, 5.41) is 17.5. The molecule has 10 aromatic rings. The minimum Gasteiger partial charge on any atom is -0.444 e. The highest BCUT2D eigenvalue weighted by Gasteiger charge is 2.33. The predicted molar refractivity (Wildman–Crippen MR) is 316 cm³/mol. The SMILES string of the molecule is CCN(Cc1cncc(-c2ccc3c(c2)c(-c2nc(-c4cccc(C(F)(F)F)c4)c(C)[nH]2)nn3C2CCCCO2)c1C)C(=O)OC(C)(C)C.CCNCc1cncc(-c2ccc3[nH]nc(-c4nc(-c5cccc(C(F)(F)F)c5)c(C)[nH]4)c3c2)c1C. The molecular weight excluding hydrogens is 1100 g/mol. The van der Waals surface area contributed by atoms with Crippen LogP contribution in [0.5, 0.6) is 0 Å². The average molecular weight is 1170 g/mol. The number of benzene rings is 4. The monoisotopic (exact) mass is 1160 g/mol. The number of nitrogens with one attached hydrogen (secondary N) is 4. The van der Waals surface area contributed by atoms with Crippen molar-refractivity contribution in [3.8, 4) is 67.8 Å². The fraction of sp³-hybridized carbons (Fsp3) is 0.328. The summed E-state index contributed by atoms with van der Waals surface area (Å²) in [6.07, 6.45) is 0.579. The smallest absolute Gasteiger partial charge is 0.416 e. The third-order valence-electron chi connectivity index (χ3n) is 15.1. The molecule has 1 saturated heterocycles. The fourth-order valence-corrected chi connectivity index (χ4v) is 10.5. The molecule has 85 heavy (non-hydrogen) atoms. The van der Waals surface area contributed by atoms with E-state index in [0.717, 1.165) is 123 Å². The van der Waals surface area contributed by atoms with Gasteiger partial charge in [0.15, 0.2) is 17.9 Å². The van der Waals surface area contributed by atoms with E-state index >= 15 is 0 Å². The molecule has 0 aliphatic carbocycles. The first-order valence-electron chi connectivity index (χ1n) is 28.2. The summed E-state index contributed by atoms with van der Waals surface area (Å²) in [5.74, 6) is 0.931. The van der Waals surface area contributed by atoms with E-state index in [2.05, 4.69) is 54.3 Å². The van der Waals surface area contributed by atoms with Crippen LogP contribution in [0, 0.1) is 27.7 Å². The van der Waals surface area contributed by atoms with Gasteiger partial charge in [0.1, 0.15) is 17.0 Å². The van der Waals surface area contributed by atoms with E-state index in [-0.39, 0.29) is 12.3 Å². The fourth-order valence-electron chi connectivity index (χ4n) is 10.5. The van der Waals surface area contributed by atoms with Crippen LogP contribution in [0.3, 0.4) is 0 Å². The number of rotatable bonds is 13. The van der Waals surface area contributed by atoms with Crippen molar-refractivity contribution in [1.82, 2.24) is 60.1 Å². The van der Waals surface area contributed by atoms with E-state index in [1.807, 2.05) is 88.1 Å². The van der Waals surface area contributed by atoms with Crippen molar-refractivity contribution in [2.75, 3.05) is 19.7 Å². The number of halogens is 6. The van der Waals surface area contributed by atoms with Crippen molar-refractivity contribution in [1.29, 1.82) is 0 Å². The van der Waals surface area contributed by atoms with Crippen molar-refractivity contribution in [3.05, 3.63) is 154 Å². The van der Waals surface area contributed by atoms with Crippen LogP contribution in [-0.2, 0) is 34.9 Å². The zero-order valence-electron chi connectivity index (χ0n) is 48.7. The van der Waals surface area contributed by atoms with Crippen LogP contribution >= 0.6 is 0 Å². The van der Waals surface area contributed by atoms with Crippen LogP contribution in [0.15, 0.2) is 110 Å². The highest BCUT2D eigenvalue weighted by molar-refractivity contribution is 5.96. The van der Waals surface area contributed by atoms with Gasteiger partial charge in [0, 0.05) is 88.9 Å². The molecule has 6 aromatic heterocycles. The van der Waals surface area contributed by atoms with Crippen molar-refractivity contribution in [2.24, 2.45) is 0 Å². The maximum Gasteiger partial charge on any atom is 0.416 e. The van der Waals surface area contributed by atoms with Crippen LogP contribution in [0.4, 0.5) is 31.1 Å². The summed E-state index contributed by atoms with van der Waals surface area (Å²) in [5.41, 5.74) is 11.7. The lowest BCUT2D eigenvalue weighted by molar-refractivity contribution is -0.138. The number of amides is 1. The molecule has 0 radical (unpaired) electrons. The third kappa shape index (κ3) is 12.9. The lowest BCUT2D eigenvalue weighted by atomic mass is 9.97. The second kappa shape index (κ2) is 24.1. The van der Waals surface area contributed by atoms with Gasteiger partial charge in [-0.05, 0) is 163 Å². The molecule has 4 aromatic carbocycles. The second-order valence-corrected chi connectivity index (χ2v) is 22.2. The lowest BCUT2D eigenvalue weighted by Gasteiger charge is -2.27. The highest BCUT2D eigenvalue weighted by atomic mass is 19.4. The molecule has 0 bridgehead atoms. The van der Waals surface area contributed by atoms with Crippen molar-refractivity contribution in [3.63, 3.8) is 0 Å². The molecular formula is C64H66F6N12O3. The molecule has 1 amide bonds. The van der Waals surface area contributed by atoms with Crippen molar-refractivity contribution >= 4 is 27.9 Å². The molecule has 1 aliphatic rings. The summed E-state index contributed by atoms with van der Waals surface area (Å²) in [6, 6.07) is 22.5. The Morgan fingerprint density at radius 3 is 1.84 bits per heavy atom. The molecule has 7 heterocycles. The Kier molecular flexibility index (Phi) is 16.9. The summed E-state index contributed by atoms with van der Waals surface area (Å²) < 4.78 is 93.9. The number of hydrogen-bond acceptors (Lipinski definition) is 10. The predicted octanol–water partition coefficient (Wildman–Crippen LogP) is 15.7. The first-order valence-corrected chi connectivity index (χ1v) is 28.2. The Morgan fingerprint density at radius 2 is 1.27 bits per heavy atom. The topological polar surface area (TPSA) is 180 Å². The number of fused-ring (bicyclic) bond motifs is 2. The summed E-state index contributed by atoms with van der Waals surface area (Å²) in [6.45, 7) is 20.2. The Labute approximate surface area is 487 Å². The zero-order valence-corrected chi connectivity index (χ0v) is 48.7. The number of nitrogens with zero attached hydrogens (tertiary/aromatic N) is 8. The van der Waals surface area contributed by atoms with Gasteiger partial charge in [-0.2, -0.15) is 36.5 Å². The Morgan fingerprint density at radius 1 is 0.694 bits per heavy atom. The zero-order chi connectivity index (χ0) is 60.5. The summed E-state index contributed by atoms with van der Waals surface area (Å²) in [7, 11) is 0. The normalized spacial score (nSPS) is 14.0. The van der Waals surface area contributed by atoms with Crippen LogP contribution < -0.4 is 5.32 Å². The molecule has 1 atom stereocenters. The maximum absolute atomic E-state index is 13.5. The number of aryl methyl sites for hydroxylation is 2. The molecule has 11 rings (SSSR count). The average Bonchev–Trinajstić information content (AvgIpc) is 3.84. The van der Waals surface area contributed by atoms with Gasteiger partial charge in [0.2, 0.25) is 0 Å². The van der Waals surface area contributed by atoms with Gasteiger partial charge in [-0.1, -0.05) is 43.3 Å². The summed E-state index contributed by atoms with van der Waals surface area (Å²) in [4.78, 5) is 39.4. The van der Waals surface area contributed by atoms with Gasteiger partial charge in [0.05, 0.1) is 40.1 Å². The number of carbonyl (C=O) groups excluding carboxylic acids is 1. The van der Waals surface area contributed by atoms with E-state index < -0.39 is 29.1 Å². The Bertz CT molecular complexity index is 4050. The Hall–Kier alpha value is -8.69. The minimum absolute atomic E-state index is 0.255. The highest BCUT2D eigenvalue weighted by Crippen LogP contribution is 2.40. The van der Waals surface area contributed by atoms with E-state index in [1.165, 1.54) is 12.1 Å². The standard InChI is InChI=1S/C37H41F3N6O3.C27H25F3N6/c1-7-45(35(47)49-36(4,5)6)21-26-19-41-20-29(22(26)2)24-14-15-30-28(18-24)33(44-46(30)31-13-8-9-16-48-31)34-42-23(3)32(43-34)25-11-10-12-27(17-25)37(38,39)40;1-4-31-12-19-13-32-14-22(15(19)2)17-8-9-23-21(11-17)25(36-35-23)26-33-16(3)24(34-26)18-6-5-7-20(10-18)27(28,29)30/h10-12,14-15,17-20,31H,7-9,13,16,21H2,1-6H3,(H,42,43);5-11,13-14,31H,4,12H2,1-3H3,(H,33,34)(H,35,36). The molecule has 1 fully saturated rings. The van der Waals surface area contributed by atoms with Crippen LogP contribution in [0.2, 0.25) is 0 Å². The number of carbonyl (C=O) groups is 1. The van der Waals surface area contributed by atoms with Gasteiger partial charge in [-0.25, -0.2) is 19.4 Å². The number of hydrogen-bond donors (Lipinski definition) is 4. The first-order chi connectivity index (χ1) is 40.5. The van der Waals surface area contributed by atoms with E-state index in [9.17, 15) is 31.1 Å². The van der Waals surface area contributed by atoms with Crippen LogP contribution in [-0.4, -0.2) is 86.2 Å². The molecule has 21 heteroatoms. The lowest BCUT2D eigenvalue weighted by Crippen LogP contribution is -2.36. The minimum atomic E-state index is -4.47. The van der Waals surface area contributed by atoms with Gasteiger partial charge in [0.25, 0.3) is 0 Å². The van der Waals surface area contributed by atoms with Gasteiger partial charge in [-0.3, -0.25) is 15.1 Å². The van der Waals surface area contributed by atoms with Gasteiger partial charge < -0.3 is 29.7 Å². The molecule has 442 valence electrons. The molecule has 1 aliphatic heterocycles. The van der Waals surface area contributed by atoms with E-state index in [0.29, 0.717) is 76.6 Å². The number of alkyl halides is 6.